The van der Waals surface area contributed by atoms with Crippen LogP contribution in [-0.4, -0.2) is 10.9 Å². The number of aromatic nitrogens is 1. The molecule has 0 fully saturated rings. The summed E-state index contributed by atoms with van der Waals surface area (Å²) in [5.41, 5.74) is 3.53. The van der Waals surface area contributed by atoms with Crippen molar-refractivity contribution in [3.63, 3.8) is 0 Å². The van der Waals surface area contributed by atoms with Crippen LogP contribution in [0.5, 0.6) is 0 Å². The Kier molecular flexibility index (Phi) is 3.72. The van der Waals surface area contributed by atoms with Gasteiger partial charge in [-0.3, -0.25) is 9.78 Å². The van der Waals surface area contributed by atoms with Crippen molar-refractivity contribution >= 4 is 11.6 Å². The molecule has 0 spiro atoms. The van der Waals surface area contributed by atoms with E-state index >= 15 is 0 Å². The fourth-order valence-electron chi connectivity index (χ4n) is 1.71. The second-order valence-corrected chi connectivity index (χ2v) is 4.19. The molecule has 1 heterocycles. The molecule has 2 aromatic rings. The highest BCUT2D eigenvalue weighted by atomic mass is 16.1. The summed E-state index contributed by atoms with van der Waals surface area (Å²) in [5, 5.41) is 2.87. The molecule has 18 heavy (non-hydrogen) atoms. The number of pyridine rings is 1. The van der Waals surface area contributed by atoms with E-state index in [0.29, 0.717) is 5.56 Å². The molecule has 0 aliphatic rings. The van der Waals surface area contributed by atoms with Crippen molar-refractivity contribution in [3.05, 3.63) is 59.4 Å². The average Bonchev–Trinajstić information content (AvgIpc) is 2.39. The quantitative estimate of drug-likeness (QED) is 0.895. The van der Waals surface area contributed by atoms with E-state index in [1.807, 2.05) is 31.2 Å². The van der Waals surface area contributed by atoms with Gasteiger partial charge in [-0.2, -0.15) is 0 Å². The van der Waals surface area contributed by atoms with E-state index in [-0.39, 0.29) is 5.91 Å². The Hall–Kier alpha value is -2.16. The maximum atomic E-state index is 12.0. The number of anilines is 1. The van der Waals surface area contributed by atoms with Gasteiger partial charge in [-0.25, -0.2) is 0 Å². The molecule has 0 aliphatic heterocycles. The third-order valence-corrected chi connectivity index (χ3v) is 2.78. The lowest BCUT2D eigenvalue weighted by Crippen LogP contribution is -2.12. The fourth-order valence-corrected chi connectivity index (χ4v) is 1.71. The zero-order chi connectivity index (χ0) is 13.0. The molecule has 1 amide bonds. The zero-order valence-electron chi connectivity index (χ0n) is 10.6. The molecule has 0 unspecified atom stereocenters. The van der Waals surface area contributed by atoms with Gasteiger partial charge >= 0.3 is 0 Å². The molecule has 3 heteroatoms. The van der Waals surface area contributed by atoms with Gasteiger partial charge < -0.3 is 5.32 Å². The van der Waals surface area contributed by atoms with Crippen molar-refractivity contribution in [2.24, 2.45) is 0 Å². The summed E-state index contributed by atoms with van der Waals surface area (Å²) < 4.78 is 0. The van der Waals surface area contributed by atoms with Crippen LogP contribution in [0.1, 0.15) is 28.5 Å². The third kappa shape index (κ3) is 2.94. The highest BCUT2D eigenvalue weighted by Crippen LogP contribution is 2.12. The van der Waals surface area contributed by atoms with Crippen molar-refractivity contribution in [3.8, 4) is 0 Å². The van der Waals surface area contributed by atoms with Gasteiger partial charge in [-0.1, -0.05) is 19.1 Å². The molecular weight excluding hydrogens is 224 g/mol. The van der Waals surface area contributed by atoms with Gasteiger partial charge in [0.1, 0.15) is 0 Å². The molecule has 0 bridgehead atoms. The van der Waals surface area contributed by atoms with Gasteiger partial charge in [-0.15, -0.1) is 0 Å². The highest BCUT2D eigenvalue weighted by Gasteiger charge is 2.06. The Morgan fingerprint density at radius 3 is 2.56 bits per heavy atom. The minimum absolute atomic E-state index is 0.107. The van der Waals surface area contributed by atoms with E-state index in [1.54, 1.807) is 18.3 Å². The lowest BCUT2D eigenvalue weighted by Gasteiger charge is -2.06. The molecule has 0 radical (unpaired) electrons. The molecule has 2 rings (SSSR count). The maximum Gasteiger partial charge on any atom is 0.255 e. The average molecular weight is 240 g/mol. The predicted octanol–water partition coefficient (Wildman–Crippen LogP) is 3.20. The molecule has 3 nitrogen and oxygen atoms in total. The first-order valence-electron chi connectivity index (χ1n) is 6.02. The number of aryl methyl sites for hydroxylation is 2. The number of nitrogens with one attached hydrogen (secondary N) is 1. The van der Waals surface area contributed by atoms with Crippen molar-refractivity contribution < 1.29 is 4.79 Å². The topological polar surface area (TPSA) is 42.0 Å². The van der Waals surface area contributed by atoms with Crippen LogP contribution in [0.2, 0.25) is 0 Å². The van der Waals surface area contributed by atoms with Crippen LogP contribution >= 0.6 is 0 Å². The summed E-state index contributed by atoms with van der Waals surface area (Å²) in [5.74, 6) is -0.107. The number of benzene rings is 1. The Balaban J connectivity index is 2.11. The number of carbonyl (C=O) groups is 1. The lowest BCUT2D eigenvalue weighted by molar-refractivity contribution is 0.102. The van der Waals surface area contributed by atoms with E-state index < -0.39 is 0 Å². The van der Waals surface area contributed by atoms with E-state index in [4.69, 9.17) is 0 Å². The van der Waals surface area contributed by atoms with Crippen molar-refractivity contribution in [2.45, 2.75) is 20.3 Å². The van der Waals surface area contributed by atoms with E-state index in [9.17, 15) is 4.79 Å². The summed E-state index contributed by atoms with van der Waals surface area (Å²) in [7, 11) is 0. The predicted molar refractivity (Wildman–Crippen MR) is 72.7 cm³/mol. The van der Waals surface area contributed by atoms with Crippen molar-refractivity contribution in [1.82, 2.24) is 4.98 Å². The zero-order valence-corrected chi connectivity index (χ0v) is 10.6. The number of rotatable bonds is 3. The van der Waals surface area contributed by atoms with Crippen LogP contribution in [0.4, 0.5) is 5.69 Å². The third-order valence-electron chi connectivity index (χ3n) is 2.78. The minimum Gasteiger partial charge on any atom is -0.322 e. The standard InChI is InChI=1S/C15H16N2O/c1-3-12-4-6-14(7-5-12)17-15(18)13-8-9-16-11(2)10-13/h4-10H,3H2,1-2H3,(H,17,18). The molecule has 1 aromatic heterocycles. The van der Waals surface area contributed by atoms with Crippen LogP contribution < -0.4 is 5.32 Å². The minimum atomic E-state index is -0.107. The maximum absolute atomic E-state index is 12.0. The van der Waals surface area contributed by atoms with Crippen LogP contribution in [0.25, 0.3) is 0 Å². The summed E-state index contributed by atoms with van der Waals surface area (Å²) in [4.78, 5) is 16.1. The largest absolute Gasteiger partial charge is 0.322 e. The highest BCUT2D eigenvalue weighted by molar-refractivity contribution is 6.04. The molecule has 1 N–H and O–H groups in total. The normalized spacial score (nSPS) is 10.1. The summed E-state index contributed by atoms with van der Waals surface area (Å²) >= 11 is 0. The van der Waals surface area contributed by atoms with Crippen molar-refractivity contribution in [1.29, 1.82) is 0 Å². The first-order chi connectivity index (χ1) is 8.69. The smallest absolute Gasteiger partial charge is 0.255 e. The monoisotopic (exact) mass is 240 g/mol. The molecule has 0 aliphatic carbocycles. The molecule has 0 saturated carbocycles. The number of nitrogens with zero attached hydrogens (tertiary/aromatic N) is 1. The van der Waals surface area contributed by atoms with Crippen molar-refractivity contribution in [2.75, 3.05) is 5.32 Å². The van der Waals surface area contributed by atoms with E-state index in [2.05, 4.69) is 17.2 Å². The number of hydrogen-bond donors (Lipinski definition) is 1. The molecular formula is C15H16N2O. The first-order valence-corrected chi connectivity index (χ1v) is 6.02. The van der Waals surface area contributed by atoms with E-state index in [1.165, 1.54) is 5.56 Å². The van der Waals surface area contributed by atoms with Crippen LogP contribution in [0.15, 0.2) is 42.6 Å². The number of hydrogen-bond acceptors (Lipinski definition) is 2. The molecule has 1 aromatic carbocycles. The SMILES string of the molecule is CCc1ccc(NC(=O)c2ccnc(C)c2)cc1. The van der Waals surface area contributed by atoms with Gasteiger partial charge in [0, 0.05) is 23.1 Å². The van der Waals surface area contributed by atoms with Gasteiger partial charge in [0.2, 0.25) is 0 Å². The lowest BCUT2D eigenvalue weighted by atomic mass is 10.1. The van der Waals surface area contributed by atoms with E-state index in [0.717, 1.165) is 17.8 Å². The Morgan fingerprint density at radius 2 is 1.94 bits per heavy atom. The van der Waals surface area contributed by atoms with Gasteiger partial charge in [0.05, 0.1) is 0 Å². The van der Waals surface area contributed by atoms with Crippen LogP contribution in [0.3, 0.4) is 0 Å². The Morgan fingerprint density at radius 1 is 1.22 bits per heavy atom. The second-order valence-electron chi connectivity index (χ2n) is 4.19. The van der Waals surface area contributed by atoms with Gasteiger partial charge in [0.15, 0.2) is 0 Å². The Bertz CT molecular complexity index is 547. The molecule has 92 valence electrons. The first kappa shape index (κ1) is 12.3. The summed E-state index contributed by atoms with van der Waals surface area (Å²) in [6.45, 7) is 3.97. The molecule has 0 atom stereocenters. The second kappa shape index (κ2) is 5.45. The fraction of sp³-hybridized carbons (Fsp3) is 0.200. The molecule has 0 saturated heterocycles. The number of carbonyl (C=O) groups excluding carboxylic acids is 1. The van der Waals surface area contributed by atoms with Crippen LogP contribution in [0, 0.1) is 6.92 Å². The Labute approximate surface area is 107 Å². The van der Waals surface area contributed by atoms with Crippen LogP contribution in [-0.2, 0) is 6.42 Å². The summed E-state index contributed by atoms with van der Waals surface area (Å²) in [6.07, 6.45) is 2.64. The number of amides is 1. The summed E-state index contributed by atoms with van der Waals surface area (Å²) in [6, 6.07) is 11.4. The van der Waals surface area contributed by atoms with Gasteiger partial charge in [-0.05, 0) is 43.2 Å². The van der Waals surface area contributed by atoms with Gasteiger partial charge in [0.25, 0.3) is 5.91 Å².